The van der Waals surface area contributed by atoms with Crippen LogP contribution in [0, 0.1) is 0 Å². The number of nitrogens with zero attached hydrogens (tertiary/aromatic N) is 1. The van der Waals surface area contributed by atoms with Crippen molar-refractivity contribution in [1.82, 2.24) is 10.2 Å². The van der Waals surface area contributed by atoms with Gasteiger partial charge in [0.2, 0.25) is 5.91 Å². The topological polar surface area (TPSA) is 41.6 Å². The first kappa shape index (κ1) is 21.6. The molecule has 0 aromatic heterocycles. The molecule has 0 spiro atoms. The Morgan fingerprint density at radius 1 is 0.871 bits per heavy atom. The molecule has 3 aromatic rings. The summed E-state index contributed by atoms with van der Waals surface area (Å²) in [7, 11) is 0. The van der Waals surface area contributed by atoms with E-state index < -0.39 is 0 Å². The van der Waals surface area contributed by atoms with Crippen LogP contribution in [0.25, 0.3) is 0 Å². The molecule has 31 heavy (non-hydrogen) atoms. The van der Waals surface area contributed by atoms with Gasteiger partial charge in [-0.2, -0.15) is 0 Å². The highest BCUT2D eigenvalue weighted by molar-refractivity contribution is 8.00. The van der Waals surface area contributed by atoms with Crippen molar-refractivity contribution in [3.63, 3.8) is 0 Å². The molecule has 0 bridgehead atoms. The highest BCUT2D eigenvalue weighted by Gasteiger charge is 2.22. The molecule has 0 unspecified atom stereocenters. The van der Waals surface area contributed by atoms with E-state index in [1.54, 1.807) is 11.8 Å². The van der Waals surface area contributed by atoms with Gasteiger partial charge >= 0.3 is 0 Å². The van der Waals surface area contributed by atoms with E-state index in [2.05, 4.69) is 28.4 Å². The van der Waals surface area contributed by atoms with E-state index in [-0.39, 0.29) is 11.2 Å². The van der Waals surface area contributed by atoms with Gasteiger partial charge in [0.05, 0.1) is 13.2 Å². The van der Waals surface area contributed by atoms with Crippen molar-refractivity contribution < 1.29 is 9.53 Å². The lowest BCUT2D eigenvalue weighted by atomic mass is 10.1. The first-order valence-electron chi connectivity index (χ1n) is 10.7. The van der Waals surface area contributed by atoms with Gasteiger partial charge in [-0.05, 0) is 28.8 Å². The van der Waals surface area contributed by atoms with Gasteiger partial charge in [0, 0.05) is 31.1 Å². The quantitative estimate of drug-likeness (QED) is 0.525. The number of amides is 1. The first-order chi connectivity index (χ1) is 15.3. The standard InChI is InChI=1S/C26H28N2O2S/c29-26(25(21-9-3-1-4-10-21)31-24-13-5-2-6-14-24)27-19-22-11-7-8-12-23(22)20-28-15-17-30-18-16-28/h1-14,25H,15-20H2,(H,27,29)/t25-/m0/s1. The molecular weight excluding hydrogens is 404 g/mol. The van der Waals surface area contributed by atoms with Crippen LogP contribution in [0.2, 0.25) is 0 Å². The van der Waals surface area contributed by atoms with Gasteiger partial charge in [-0.3, -0.25) is 9.69 Å². The fourth-order valence-electron chi connectivity index (χ4n) is 3.70. The summed E-state index contributed by atoms with van der Waals surface area (Å²) < 4.78 is 5.46. The van der Waals surface area contributed by atoms with Gasteiger partial charge in [0.1, 0.15) is 5.25 Å². The van der Waals surface area contributed by atoms with Crippen molar-refractivity contribution in [3.8, 4) is 0 Å². The smallest absolute Gasteiger partial charge is 0.238 e. The van der Waals surface area contributed by atoms with Gasteiger partial charge in [-0.1, -0.05) is 72.8 Å². The number of morpholine rings is 1. The Hall–Kier alpha value is -2.60. The molecule has 4 nitrogen and oxygen atoms in total. The van der Waals surface area contributed by atoms with Crippen LogP contribution in [0.3, 0.4) is 0 Å². The maximum atomic E-state index is 13.3. The predicted molar refractivity (Wildman–Crippen MR) is 126 cm³/mol. The zero-order chi connectivity index (χ0) is 21.3. The van der Waals surface area contributed by atoms with Gasteiger partial charge in [0.15, 0.2) is 0 Å². The lowest BCUT2D eigenvalue weighted by Crippen LogP contribution is -2.36. The minimum absolute atomic E-state index is 0.0289. The van der Waals surface area contributed by atoms with E-state index in [4.69, 9.17) is 4.74 Å². The molecule has 160 valence electrons. The van der Waals surface area contributed by atoms with Crippen LogP contribution in [0.1, 0.15) is 21.9 Å². The molecule has 1 aliphatic rings. The number of ether oxygens (including phenoxy) is 1. The molecule has 1 fully saturated rings. The van der Waals surface area contributed by atoms with Gasteiger partial charge in [-0.25, -0.2) is 0 Å². The molecule has 3 aromatic carbocycles. The third-order valence-electron chi connectivity index (χ3n) is 5.41. The Balaban J connectivity index is 1.45. The van der Waals surface area contributed by atoms with E-state index in [1.807, 2.05) is 66.7 Å². The number of hydrogen-bond acceptors (Lipinski definition) is 4. The average Bonchev–Trinajstić information content (AvgIpc) is 2.84. The van der Waals surface area contributed by atoms with Crippen LogP contribution >= 0.6 is 11.8 Å². The summed E-state index contributed by atoms with van der Waals surface area (Å²) in [6.07, 6.45) is 0. The van der Waals surface area contributed by atoms with Crippen molar-refractivity contribution in [2.24, 2.45) is 0 Å². The highest BCUT2D eigenvalue weighted by Crippen LogP contribution is 2.35. The molecule has 4 rings (SSSR count). The Morgan fingerprint density at radius 3 is 2.19 bits per heavy atom. The molecule has 0 saturated carbocycles. The summed E-state index contributed by atoms with van der Waals surface area (Å²) in [5.41, 5.74) is 3.44. The number of carbonyl (C=O) groups is 1. The zero-order valence-electron chi connectivity index (χ0n) is 17.6. The van der Waals surface area contributed by atoms with E-state index in [1.165, 1.54) is 11.1 Å². The van der Waals surface area contributed by atoms with Crippen molar-refractivity contribution in [3.05, 3.63) is 102 Å². The summed E-state index contributed by atoms with van der Waals surface area (Å²) in [5.74, 6) is 0.0289. The fraction of sp³-hybridized carbons (Fsp3) is 0.269. The monoisotopic (exact) mass is 432 g/mol. The number of benzene rings is 3. The molecule has 1 heterocycles. The van der Waals surface area contributed by atoms with Crippen LogP contribution in [0.5, 0.6) is 0 Å². The molecule has 0 radical (unpaired) electrons. The molecular formula is C26H28N2O2S. The van der Waals surface area contributed by atoms with Crippen LogP contribution in [-0.4, -0.2) is 37.1 Å². The van der Waals surface area contributed by atoms with Gasteiger partial charge in [0.25, 0.3) is 0 Å². The van der Waals surface area contributed by atoms with Crippen molar-refractivity contribution in [2.75, 3.05) is 26.3 Å². The Morgan fingerprint density at radius 2 is 1.48 bits per heavy atom. The summed E-state index contributed by atoms with van der Waals surface area (Å²) in [5, 5.41) is 2.90. The zero-order valence-corrected chi connectivity index (χ0v) is 18.4. The van der Waals surface area contributed by atoms with Crippen LogP contribution in [0.4, 0.5) is 0 Å². The lowest BCUT2D eigenvalue weighted by molar-refractivity contribution is -0.120. The number of nitrogens with one attached hydrogen (secondary N) is 1. The Kier molecular flexibility index (Phi) is 7.77. The molecule has 1 atom stereocenters. The Bertz CT molecular complexity index is 959. The maximum absolute atomic E-state index is 13.3. The third-order valence-corrected chi connectivity index (χ3v) is 6.67. The van der Waals surface area contributed by atoms with E-state index in [0.717, 1.165) is 43.3 Å². The summed E-state index contributed by atoms with van der Waals surface area (Å²) in [6, 6.07) is 28.5. The van der Waals surface area contributed by atoms with E-state index >= 15 is 0 Å². The van der Waals surface area contributed by atoms with Crippen molar-refractivity contribution in [1.29, 1.82) is 0 Å². The molecule has 1 N–H and O–H groups in total. The lowest BCUT2D eigenvalue weighted by Gasteiger charge is -2.27. The highest BCUT2D eigenvalue weighted by atomic mass is 32.2. The number of rotatable bonds is 8. The fourth-order valence-corrected chi connectivity index (χ4v) is 4.77. The summed E-state index contributed by atoms with van der Waals surface area (Å²) >= 11 is 1.58. The second-order valence-corrected chi connectivity index (χ2v) is 8.78. The molecule has 1 amide bonds. The second kappa shape index (κ2) is 11.1. The van der Waals surface area contributed by atoms with Crippen LogP contribution in [0.15, 0.2) is 89.8 Å². The predicted octanol–water partition coefficient (Wildman–Crippen LogP) is 4.67. The van der Waals surface area contributed by atoms with Crippen LogP contribution in [-0.2, 0) is 22.6 Å². The van der Waals surface area contributed by atoms with Crippen LogP contribution < -0.4 is 5.32 Å². The van der Waals surface area contributed by atoms with E-state index in [0.29, 0.717) is 6.54 Å². The average molecular weight is 433 g/mol. The Labute approximate surface area is 188 Å². The number of thioether (sulfide) groups is 1. The number of hydrogen-bond donors (Lipinski definition) is 1. The second-order valence-electron chi connectivity index (χ2n) is 7.60. The summed E-state index contributed by atoms with van der Waals surface area (Å²) in [4.78, 5) is 16.8. The largest absolute Gasteiger partial charge is 0.379 e. The minimum atomic E-state index is -0.296. The summed E-state index contributed by atoms with van der Waals surface area (Å²) in [6.45, 7) is 4.88. The normalized spacial score (nSPS) is 15.4. The molecule has 1 saturated heterocycles. The molecule has 1 aliphatic heterocycles. The van der Waals surface area contributed by atoms with Crippen molar-refractivity contribution in [2.45, 2.75) is 23.2 Å². The third kappa shape index (κ3) is 6.20. The SMILES string of the molecule is O=C(NCc1ccccc1CN1CCOCC1)[C@@H](Sc1ccccc1)c1ccccc1. The molecule has 5 heteroatoms. The van der Waals surface area contributed by atoms with E-state index in [9.17, 15) is 4.79 Å². The number of carbonyl (C=O) groups excluding carboxylic acids is 1. The first-order valence-corrected chi connectivity index (χ1v) is 11.6. The van der Waals surface area contributed by atoms with Crippen molar-refractivity contribution >= 4 is 17.7 Å². The van der Waals surface area contributed by atoms with Gasteiger partial charge < -0.3 is 10.1 Å². The maximum Gasteiger partial charge on any atom is 0.238 e. The molecule has 0 aliphatic carbocycles. The minimum Gasteiger partial charge on any atom is -0.379 e. The van der Waals surface area contributed by atoms with Gasteiger partial charge in [-0.15, -0.1) is 11.8 Å².